The Morgan fingerprint density at radius 3 is 2.97 bits per heavy atom. The number of hydrogen-bond acceptors (Lipinski definition) is 6. The zero-order valence-electron chi connectivity index (χ0n) is 17.4. The number of ether oxygens (including phenoxy) is 1. The summed E-state index contributed by atoms with van der Waals surface area (Å²) in [5.74, 6) is 0.676. The molecule has 1 saturated heterocycles. The van der Waals surface area contributed by atoms with Crippen molar-refractivity contribution in [2.45, 2.75) is 31.0 Å². The van der Waals surface area contributed by atoms with E-state index in [1.807, 2.05) is 18.2 Å². The van der Waals surface area contributed by atoms with E-state index in [9.17, 15) is 13.6 Å². The number of pyridine rings is 1. The lowest BCUT2D eigenvalue weighted by Gasteiger charge is -2.18. The fourth-order valence-corrected chi connectivity index (χ4v) is 4.93. The minimum Gasteiger partial charge on any atom is -0.451 e. The predicted molar refractivity (Wildman–Crippen MR) is 119 cm³/mol. The van der Waals surface area contributed by atoms with Crippen LogP contribution >= 0.6 is 0 Å². The van der Waals surface area contributed by atoms with E-state index >= 15 is 0 Å². The number of nitrogens with one attached hydrogen (secondary N) is 1. The van der Waals surface area contributed by atoms with Crippen molar-refractivity contribution in [3.63, 3.8) is 0 Å². The molecule has 1 amide bonds. The number of aliphatic imine (C=N–C) groups is 1. The Bertz CT molecular complexity index is 1350. The van der Waals surface area contributed by atoms with Crippen LogP contribution in [-0.2, 0) is 4.79 Å². The van der Waals surface area contributed by atoms with Crippen LogP contribution in [0, 0.1) is 0 Å². The normalized spacial score (nSPS) is 24.1. The number of furan rings is 1. The van der Waals surface area contributed by atoms with Gasteiger partial charge in [-0.1, -0.05) is 30.4 Å². The van der Waals surface area contributed by atoms with Crippen LogP contribution < -0.4 is 10.1 Å². The molecule has 3 aromatic rings. The quantitative estimate of drug-likeness (QED) is 0.640. The van der Waals surface area contributed by atoms with Gasteiger partial charge in [0.2, 0.25) is 5.91 Å². The first-order valence-electron chi connectivity index (χ1n) is 10.8. The lowest BCUT2D eigenvalue weighted by Crippen LogP contribution is -2.39. The van der Waals surface area contributed by atoms with E-state index < -0.39 is 6.61 Å². The van der Waals surface area contributed by atoms with E-state index in [1.165, 1.54) is 6.07 Å². The van der Waals surface area contributed by atoms with Gasteiger partial charge >= 0.3 is 6.61 Å². The van der Waals surface area contributed by atoms with Crippen molar-refractivity contribution in [1.29, 1.82) is 0 Å². The Morgan fingerprint density at radius 1 is 1.24 bits per heavy atom. The number of hydrogen-bond donors (Lipinski definition) is 1. The van der Waals surface area contributed by atoms with Gasteiger partial charge in [0.25, 0.3) is 0 Å². The lowest BCUT2D eigenvalue weighted by molar-refractivity contribution is -0.127. The average molecular weight is 450 g/mol. The highest BCUT2D eigenvalue weighted by molar-refractivity contribution is 6.09. The summed E-state index contributed by atoms with van der Waals surface area (Å²) in [4.78, 5) is 23.4. The number of carbonyl (C=O) groups is 1. The fraction of sp³-hybridized carbons (Fsp3) is 0.292. The van der Waals surface area contributed by atoms with Crippen molar-refractivity contribution in [2.75, 3.05) is 13.1 Å². The van der Waals surface area contributed by atoms with Gasteiger partial charge in [-0.3, -0.25) is 14.8 Å². The SMILES string of the molecule is O=C1CC(c2ccc(OC(F)F)c3oc4cnccc4c23)CN1CC1=NC2C=CC=CC2N1. The van der Waals surface area contributed by atoms with Crippen LogP contribution in [-0.4, -0.2) is 53.4 Å². The molecule has 1 N–H and O–H groups in total. The molecule has 0 radical (unpaired) electrons. The number of amidine groups is 1. The monoisotopic (exact) mass is 450 g/mol. The van der Waals surface area contributed by atoms with Gasteiger partial charge in [-0.15, -0.1) is 0 Å². The van der Waals surface area contributed by atoms with E-state index in [4.69, 9.17) is 14.1 Å². The van der Waals surface area contributed by atoms with Crippen LogP contribution in [0.5, 0.6) is 5.75 Å². The first kappa shape index (κ1) is 19.9. The van der Waals surface area contributed by atoms with Crippen LogP contribution in [0.2, 0.25) is 0 Å². The van der Waals surface area contributed by atoms with Crippen LogP contribution in [0.4, 0.5) is 8.78 Å². The second-order valence-electron chi connectivity index (χ2n) is 8.39. The Balaban J connectivity index is 1.32. The number of amides is 1. The number of nitrogens with zero attached hydrogens (tertiary/aromatic N) is 3. The first-order valence-corrected chi connectivity index (χ1v) is 10.8. The zero-order valence-corrected chi connectivity index (χ0v) is 17.4. The van der Waals surface area contributed by atoms with Gasteiger partial charge in [-0.05, 0) is 17.7 Å². The highest BCUT2D eigenvalue weighted by Gasteiger charge is 2.35. The number of carbonyl (C=O) groups excluding carboxylic acids is 1. The first-order chi connectivity index (χ1) is 16.1. The average Bonchev–Trinajstić information content (AvgIpc) is 3.49. The molecule has 6 rings (SSSR count). The molecule has 7 nitrogen and oxygen atoms in total. The summed E-state index contributed by atoms with van der Waals surface area (Å²) >= 11 is 0. The maximum Gasteiger partial charge on any atom is 0.387 e. The molecule has 33 heavy (non-hydrogen) atoms. The number of alkyl halides is 2. The summed E-state index contributed by atoms with van der Waals surface area (Å²) in [5.41, 5.74) is 1.59. The summed E-state index contributed by atoms with van der Waals surface area (Å²) in [7, 11) is 0. The molecular weight excluding hydrogens is 430 g/mol. The van der Waals surface area contributed by atoms with Gasteiger partial charge in [0.1, 0.15) is 5.84 Å². The molecule has 2 aromatic heterocycles. The lowest BCUT2D eigenvalue weighted by atomic mass is 9.93. The van der Waals surface area contributed by atoms with Gasteiger partial charge in [0.15, 0.2) is 16.9 Å². The van der Waals surface area contributed by atoms with E-state index in [-0.39, 0.29) is 35.2 Å². The summed E-state index contributed by atoms with van der Waals surface area (Å²) in [6, 6.07) is 5.22. The molecule has 168 valence electrons. The molecular formula is C24H20F2N4O3. The molecule has 0 bridgehead atoms. The summed E-state index contributed by atoms with van der Waals surface area (Å²) in [6.07, 6.45) is 11.6. The predicted octanol–water partition coefficient (Wildman–Crippen LogP) is 3.76. The molecule has 3 aliphatic rings. The van der Waals surface area contributed by atoms with Gasteiger partial charge in [-0.2, -0.15) is 8.78 Å². The summed E-state index contributed by atoms with van der Waals surface area (Å²) in [5, 5.41) is 4.82. The third kappa shape index (κ3) is 3.44. The minimum atomic E-state index is -2.97. The number of aromatic nitrogens is 1. The van der Waals surface area contributed by atoms with Crippen molar-refractivity contribution in [3.05, 3.63) is 60.5 Å². The standard InChI is InChI=1S/C24H20F2N4O3/c25-24(26)33-18-6-5-14(22-15-7-8-27-10-19(15)32-23(18)22)13-9-21(31)30(11-13)12-20-28-16-3-1-2-4-17(16)29-20/h1-8,10,13,16-17,24H,9,11-12H2,(H,28,29). The zero-order chi connectivity index (χ0) is 22.5. The van der Waals surface area contributed by atoms with E-state index in [0.29, 0.717) is 30.5 Å². The third-order valence-corrected chi connectivity index (χ3v) is 6.37. The molecule has 1 aromatic carbocycles. The van der Waals surface area contributed by atoms with Crippen molar-refractivity contribution in [2.24, 2.45) is 4.99 Å². The van der Waals surface area contributed by atoms with Gasteiger partial charge in [0.05, 0.1) is 24.8 Å². The number of allylic oxidation sites excluding steroid dienone is 2. The van der Waals surface area contributed by atoms with E-state index in [2.05, 4.69) is 16.4 Å². The molecule has 1 aliphatic carbocycles. The van der Waals surface area contributed by atoms with Crippen LogP contribution in [0.3, 0.4) is 0 Å². The Labute approximate surface area is 187 Å². The topological polar surface area (TPSA) is 80.0 Å². The fourth-order valence-electron chi connectivity index (χ4n) is 4.93. The summed E-state index contributed by atoms with van der Waals surface area (Å²) < 4.78 is 36.4. The van der Waals surface area contributed by atoms with Crippen molar-refractivity contribution in [1.82, 2.24) is 15.2 Å². The molecule has 4 heterocycles. The number of fused-ring (bicyclic) bond motifs is 4. The number of halogens is 2. The van der Waals surface area contributed by atoms with Crippen molar-refractivity contribution in [3.8, 4) is 5.75 Å². The minimum absolute atomic E-state index is 0.0287. The van der Waals surface area contributed by atoms with E-state index in [0.717, 1.165) is 16.8 Å². The molecule has 0 spiro atoms. The van der Waals surface area contributed by atoms with Crippen LogP contribution in [0.1, 0.15) is 17.9 Å². The molecule has 3 atom stereocenters. The number of likely N-dealkylation sites (tertiary alicyclic amines) is 1. The van der Waals surface area contributed by atoms with Crippen molar-refractivity contribution >= 4 is 33.7 Å². The Morgan fingerprint density at radius 2 is 2.12 bits per heavy atom. The third-order valence-electron chi connectivity index (χ3n) is 6.37. The number of benzene rings is 1. The number of rotatable bonds is 5. The second-order valence-corrected chi connectivity index (χ2v) is 8.39. The highest BCUT2D eigenvalue weighted by atomic mass is 19.3. The van der Waals surface area contributed by atoms with Gasteiger partial charge in [0, 0.05) is 35.9 Å². The van der Waals surface area contributed by atoms with Crippen molar-refractivity contribution < 1.29 is 22.7 Å². The molecule has 1 fully saturated rings. The maximum atomic E-state index is 13.0. The maximum absolute atomic E-state index is 13.0. The van der Waals surface area contributed by atoms with Gasteiger partial charge in [-0.25, -0.2) is 0 Å². The highest BCUT2D eigenvalue weighted by Crippen LogP contribution is 2.42. The van der Waals surface area contributed by atoms with Crippen LogP contribution in [0.15, 0.2) is 64.3 Å². The summed E-state index contributed by atoms with van der Waals surface area (Å²) in [6.45, 7) is -2.06. The smallest absolute Gasteiger partial charge is 0.387 e. The largest absolute Gasteiger partial charge is 0.451 e. The molecule has 2 aliphatic heterocycles. The van der Waals surface area contributed by atoms with Gasteiger partial charge < -0.3 is 19.4 Å². The Hall–Kier alpha value is -3.75. The second kappa shape index (κ2) is 7.68. The van der Waals surface area contributed by atoms with E-state index in [1.54, 1.807) is 29.4 Å². The molecule has 3 unspecified atom stereocenters. The van der Waals surface area contributed by atoms with Crippen LogP contribution in [0.25, 0.3) is 21.9 Å². The molecule has 0 saturated carbocycles. The molecule has 9 heteroatoms. The Kier molecular flexibility index (Phi) is 4.63.